The van der Waals surface area contributed by atoms with Gasteiger partial charge in [-0.05, 0) is 38.1 Å². The maximum atomic E-state index is 13.1. The van der Waals surface area contributed by atoms with E-state index in [1.807, 2.05) is 0 Å². The summed E-state index contributed by atoms with van der Waals surface area (Å²) >= 11 is 0. The highest BCUT2D eigenvalue weighted by molar-refractivity contribution is 6.20. The molecular formula is C23H18O6. The number of hydrogen-bond donors (Lipinski definition) is 0. The summed E-state index contributed by atoms with van der Waals surface area (Å²) in [7, 11) is 0. The second-order valence-corrected chi connectivity index (χ2v) is 6.22. The number of rotatable bonds is 7. The first-order valence-corrected chi connectivity index (χ1v) is 8.98. The topological polar surface area (TPSA) is 90.7 Å². The molecule has 0 atom stereocenters. The van der Waals surface area contributed by atoms with Gasteiger partial charge in [0.05, 0.1) is 18.4 Å². The largest absolute Gasteiger partial charge is 0.462 e. The molecule has 0 amide bonds. The highest BCUT2D eigenvalue weighted by Gasteiger charge is 2.27. The van der Waals surface area contributed by atoms with Crippen molar-refractivity contribution >= 4 is 23.3 Å². The van der Waals surface area contributed by atoms with Crippen LogP contribution in [0.3, 0.4) is 0 Å². The number of carbonyl (C=O) groups excluding carboxylic acids is 4. The average Bonchev–Trinajstić information content (AvgIpc) is 3.27. The molecule has 0 saturated carbocycles. The van der Waals surface area contributed by atoms with Gasteiger partial charge in [-0.2, -0.15) is 0 Å². The fourth-order valence-electron chi connectivity index (χ4n) is 3.00. The highest BCUT2D eigenvalue weighted by Crippen LogP contribution is 2.25. The molecule has 0 bridgehead atoms. The van der Waals surface area contributed by atoms with Crippen molar-refractivity contribution in [2.45, 2.75) is 13.8 Å². The second-order valence-electron chi connectivity index (χ2n) is 6.22. The van der Waals surface area contributed by atoms with E-state index < -0.39 is 23.3 Å². The lowest BCUT2D eigenvalue weighted by Crippen LogP contribution is -2.18. The Morgan fingerprint density at radius 2 is 1.55 bits per heavy atom. The summed E-state index contributed by atoms with van der Waals surface area (Å²) < 4.78 is 10.2. The average molecular weight is 390 g/mol. The van der Waals surface area contributed by atoms with Crippen molar-refractivity contribution in [1.82, 2.24) is 0 Å². The van der Waals surface area contributed by atoms with Crippen LogP contribution in [-0.4, -0.2) is 29.9 Å². The number of ether oxygens (including phenoxy) is 1. The quantitative estimate of drug-likeness (QED) is 0.445. The van der Waals surface area contributed by atoms with Crippen LogP contribution in [0.5, 0.6) is 0 Å². The molecule has 6 heteroatoms. The van der Waals surface area contributed by atoms with Crippen LogP contribution in [0, 0.1) is 0 Å². The van der Waals surface area contributed by atoms with Crippen LogP contribution < -0.4 is 0 Å². The van der Waals surface area contributed by atoms with E-state index in [9.17, 15) is 19.2 Å². The van der Waals surface area contributed by atoms with E-state index in [1.54, 1.807) is 43.3 Å². The number of carbonyl (C=O) groups is 4. The molecular weight excluding hydrogens is 372 g/mol. The maximum absolute atomic E-state index is 13.1. The SMILES string of the molecule is CCOC(=O)c1cc(C(=O)c2ccco2)cc(C(=O)c2ccccc2)c1C(C)=O. The molecule has 3 aromatic rings. The van der Waals surface area contributed by atoms with Crippen LogP contribution in [0.1, 0.15) is 66.6 Å². The summed E-state index contributed by atoms with van der Waals surface area (Å²) in [6.07, 6.45) is 1.35. The number of benzene rings is 2. The zero-order chi connectivity index (χ0) is 21.0. The molecule has 2 aromatic carbocycles. The minimum atomic E-state index is -0.783. The Labute approximate surface area is 167 Å². The molecule has 0 radical (unpaired) electrons. The molecule has 1 aromatic heterocycles. The zero-order valence-electron chi connectivity index (χ0n) is 15.9. The summed E-state index contributed by atoms with van der Waals surface area (Å²) in [4.78, 5) is 50.8. The van der Waals surface area contributed by atoms with Crippen molar-refractivity contribution in [3.05, 3.63) is 94.4 Å². The number of Topliss-reactive ketones (excluding diaryl/α,β-unsaturated/α-hetero) is 1. The first kappa shape index (κ1) is 19.9. The molecule has 1 heterocycles. The second kappa shape index (κ2) is 8.48. The van der Waals surface area contributed by atoms with Gasteiger partial charge in [-0.3, -0.25) is 14.4 Å². The third-order valence-electron chi connectivity index (χ3n) is 4.27. The number of hydrogen-bond acceptors (Lipinski definition) is 6. The smallest absolute Gasteiger partial charge is 0.338 e. The van der Waals surface area contributed by atoms with Gasteiger partial charge in [0.15, 0.2) is 17.3 Å². The molecule has 29 heavy (non-hydrogen) atoms. The van der Waals surface area contributed by atoms with E-state index in [2.05, 4.69) is 0 Å². The Kier molecular flexibility index (Phi) is 5.83. The standard InChI is InChI=1S/C23H18O6/c1-3-28-23(27)18-13-16(22(26)19-10-7-11-29-19)12-17(20(18)14(2)24)21(25)15-8-5-4-6-9-15/h4-13H,3H2,1-2H3. The molecule has 0 aliphatic carbocycles. The number of ketones is 3. The fraction of sp³-hybridized carbons (Fsp3) is 0.130. The normalized spacial score (nSPS) is 10.4. The predicted molar refractivity (Wildman–Crippen MR) is 104 cm³/mol. The molecule has 6 nitrogen and oxygen atoms in total. The van der Waals surface area contributed by atoms with Gasteiger partial charge in [0.1, 0.15) is 0 Å². The Hall–Kier alpha value is -3.80. The third-order valence-corrected chi connectivity index (χ3v) is 4.27. The van der Waals surface area contributed by atoms with Gasteiger partial charge in [0, 0.05) is 22.3 Å². The molecule has 0 N–H and O–H groups in total. The Morgan fingerprint density at radius 1 is 0.862 bits per heavy atom. The minimum absolute atomic E-state index is 0.0378. The summed E-state index contributed by atoms with van der Waals surface area (Å²) in [5, 5.41) is 0. The molecule has 0 unspecified atom stereocenters. The molecule has 0 aliphatic rings. The van der Waals surface area contributed by atoms with Crippen molar-refractivity contribution in [2.24, 2.45) is 0 Å². The van der Waals surface area contributed by atoms with Crippen LogP contribution in [0.15, 0.2) is 65.3 Å². The van der Waals surface area contributed by atoms with Gasteiger partial charge in [-0.25, -0.2) is 4.79 Å². The molecule has 0 spiro atoms. The van der Waals surface area contributed by atoms with E-state index >= 15 is 0 Å². The highest BCUT2D eigenvalue weighted by atomic mass is 16.5. The first-order chi connectivity index (χ1) is 13.9. The number of furan rings is 1. The van der Waals surface area contributed by atoms with Gasteiger partial charge in [0.2, 0.25) is 5.78 Å². The molecule has 0 fully saturated rings. The summed E-state index contributed by atoms with van der Waals surface area (Å²) in [6, 6.07) is 13.9. The third kappa shape index (κ3) is 4.06. The van der Waals surface area contributed by atoms with E-state index in [0.29, 0.717) is 5.56 Å². The lowest BCUT2D eigenvalue weighted by molar-refractivity contribution is 0.0523. The Morgan fingerprint density at radius 3 is 2.14 bits per heavy atom. The van der Waals surface area contributed by atoms with Gasteiger partial charge < -0.3 is 9.15 Å². The van der Waals surface area contributed by atoms with Crippen LogP contribution in [-0.2, 0) is 4.74 Å². The molecule has 0 saturated heterocycles. The minimum Gasteiger partial charge on any atom is -0.462 e. The molecule has 3 rings (SSSR count). The summed E-state index contributed by atoms with van der Waals surface area (Å²) in [5.74, 6) is -2.21. The van der Waals surface area contributed by atoms with Crippen molar-refractivity contribution in [1.29, 1.82) is 0 Å². The van der Waals surface area contributed by atoms with Crippen LogP contribution in [0.4, 0.5) is 0 Å². The van der Waals surface area contributed by atoms with Crippen molar-refractivity contribution in [2.75, 3.05) is 6.61 Å². The van der Waals surface area contributed by atoms with E-state index in [1.165, 1.54) is 31.4 Å². The fourth-order valence-corrected chi connectivity index (χ4v) is 3.00. The Bertz CT molecular complexity index is 1080. The zero-order valence-corrected chi connectivity index (χ0v) is 15.9. The van der Waals surface area contributed by atoms with E-state index in [4.69, 9.17) is 9.15 Å². The van der Waals surface area contributed by atoms with Crippen molar-refractivity contribution < 1.29 is 28.3 Å². The van der Waals surface area contributed by atoms with E-state index in [-0.39, 0.29) is 34.6 Å². The summed E-state index contributed by atoms with van der Waals surface area (Å²) in [6.45, 7) is 2.96. The first-order valence-electron chi connectivity index (χ1n) is 8.98. The summed E-state index contributed by atoms with van der Waals surface area (Å²) in [5.41, 5.74) is 0.133. The Balaban J connectivity index is 2.26. The van der Waals surface area contributed by atoms with Crippen LogP contribution in [0.25, 0.3) is 0 Å². The lowest BCUT2D eigenvalue weighted by atomic mass is 9.89. The van der Waals surface area contributed by atoms with Crippen molar-refractivity contribution in [3.8, 4) is 0 Å². The van der Waals surface area contributed by atoms with Crippen LogP contribution >= 0.6 is 0 Å². The van der Waals surface area contributed by atoms with Gasteiger partial charge >= 0.3 is 5.97 Å². The molecule has 146 valence electrons. The monoisotopic (exact) mass is 390 g/mol. The number of esters is 1. The maximum Gasteiger partial charge on any atom is 0.338 e. The van der Waals surface area contributed by atoms with Crippen molar-refractivity contribution in [3.63, 3.8) is 0 Å². The van der Waals surface area contributed by atoms with Crippen LogP contribution in [0.2, 0.25) is 0 Å². The lowest BCUT2D eigenvalue weighted by Gasteiger charge is -2.14. The predicted octanol–water partition coefficient (Wildman–Crippen LogP) is 4.12. The van der Waals surface area contributed by atoms with Gasteiger partial charge in [-0.15, -0.1) is 0 Å². The van der Waals surface area contributed by atoms with Gasteiger partial charge in [-0.1, -0.05) is 30.3 Å². The van der Waals surface area contributed by atoms with Gasteiger partial charge in [0.25, 0.3) is 0 Å². The van der Waals surface area contributed by atoms with E-state index in [0.717, 1.165) is 0 Å². The molecule has 0 aliphatic heterocycles.